The highest BCUT2D eigenvalue weighted by molar-refractivity contribution is 7.93. The van der Waals surface area contributed by atoms with Crippen LogP contribution in [0.2, 0.25) is 0 Å². The number of amides is 1. The largest absolute Gasteiger partial charge is 0.497 e. The first-order valence-corrected chi connectivity index (χ1v) is 12.2. The normalized spacial score (nSPS) is 20.5. The van der Waals surface area contributed by atoms with Crippen LogP contribution in [0.5, 0.6) is 5.75 Å². The van der Waals surface area contributed by atoms with E-state index in [0.717, 1.165) is 5.56 Å². The molecule has 0 aliphatic carbocycles. The van der Waals surface area contributed by atoms with Crippen LogP contribution in [0, 0.1) is 5.82 Å². The fraction of sp³-hybridized carbons (Fsp3) is 0.348. The van der Waals surface area contributed by atoms with Crippen molar-refractivity contribution >= 4 is 15.7 Å². The van der Waals surface area contributed by atoms with Gasteiger partial charge in [0.1, 0.15) is 16.3 Å². The number of halogens is 1. The maximum Gasteiger partial charge on any atom is 0.231 e. The summed E-state index contributed by atoms with van der Waals surface area (Å²) < 4.78 is 48.7. The minimum Gasteiger partial charge on any atom is -0.497 e. The number of aromatic nitrogens is 2. The molecule has 2 saturated heterocycles. The lowest BCUT2D eigenvalue weighted by atomic mass is 9.82. The van der Waals surface area contributed by atoms with Crippen molar-refractivity contribution in [2.24, 2.45) is 0 Å². The number of methoxy groups -OCH3 is 1. The van der Waals surface area contributed by atoms with Crippen LogP contribution in [-0.2, 0) is 21.1 Å². The molecule has 1 spiro atoms. The van der Waals surface area contributed by atoms with Crippen LogP contribution in [0.1, 0.15) is 23.8 Å². The van der Waals surface area contributed by atoms with Gasteiger partial charge in [0, 0.05) is 18.7 Å². The number of hydrogen-bond donors (Lipinski definition) is 0. The van der Waals surface area contributed by atoms with E-state index in [1.807, 2.05) is 12.1 Å². The molecule has 2 aliphatic heterocycles. The monoisotopic (exact) mass is 471 g/mol. The van der Waals surface area contributed by atoms with Gasteiger partial charge in [-0.05, 0) is 48.4 Å². The lowest BCUT2D eigenvalue weighted by molar-refractivity contribution is -0.136. The number of likely N-dealkylation sites (tertiary alicyclic amines) is 1. The van der Waals surface area contributed by atoms with E-state index in [0.29, 0.717) is 17.7 Å². The summed E-state index contributed by atoms with van der Waals surface area (Å²) in [5.74, 6) is 0.148. The lowest BCUT2D eigenvalue weighted by Crippen LogP contribution is -2.67. The summed E-state index contributed by atoms with van der Waals surface area (Å²) in [6.45, 7) is 0.189. The van der Waals surface area contributed by atoms with Gasteiger partial charge in [0.05, 0.1) is 25.2 Å². The number of hydrogen-bond acceptors (Lipinski definition) is 7. The predicted octanol–water partition coefficient (Wildman–Crippen LogP) is 2.61. The molecule has 33 heavy (non-hydrogen) atoms. The molecule has 3 aromatic rings. The highest BCUT2D eigenvalue weighted by atomic mass is 32.2. The second-order valence-electron chi connectivity index (χ2n) is 8.47. The Morgan fingerprint density at radius 3 is 2.73 bits per heavy atom. The zero-order valence-electron chi connectivity index (χ0n) is 17.9. The van der Waals surface area contributed by atoms with Gasteiger partial charge < -0.3 is 14.2 Å². The fourth-order valence-electron chi connectivity index (χ4n) is 4.66. The molecule has 2 fully saturated rings. The van der Waals surface area contributed by atoms with Crippen molar-refractivity contribution in [3.8, 4) is 17.1 Å². The minimum absolute atomic E-state index is 0.00381. The molecule has 2 aliphatic rings. The molecule has 8 nitrogen and oxygen atoms in total. The molecule has 0 N–H and O–H groups in total. The van der Waals surface area contributed by atoms with Gasteiger partial charge in [-0.3, -0.25) is 4.79 Å². The number of benzene rings is 2. The molecule has 1 unspecified atom stereocenters. The van der Waals surface area contributed by atoms with Crippen molar-refractivity contribution < 1.29 is 26.9 Å². The van der Waals surface area contributed by atoms with Gasteiger partial charge >= 0.3 is 0 Å². The summed E-state index contributed by atoms with van der Waals surface area (Å²) in [4.78, 5) is 18.8. The first-order valence-electron chi connectivity index (χ1n) is 10.5. The number of carbonyl (C=O) groups is 1. The Bertz CT molecular complexity index is 1300. The first-order chi connectivity index (χ1) is 15.8. The van der Waals surface area contributed by atoms with Crippen molar-refractivity contribution in [3.63, 3.8) is 0 Å². The van der Waals surface area contributed by atoms with Crippen molar-refractivity contribution in [1.82, 2.24) is 15.0 Å². The van der Waals surface area contributed by atoms with E-state index in [-0.39, 0.29) is 48.7 Å². The third-order valence-electron chi connectivity index (χ3n) is 6.53. The molecular formula is C23H22FN3O5S. The predicted molar refractivity (Wildman–Crippen MR) is 117 cm³/mol. The van der Waals surface area contributed by atoms with E-state index >= 15 is 0 Å². The Hall–Kier alpha value is -3.27. The number of rotatable bonds is 5. The van der Waals surface area contributed by atoms with Crippen molar-refractivity contribution in [2.75, 3.05) is 26.0 Å². The molecule has 3 heterocycles. The Balaban J connectivity index is 1.34. The quantitative estimate of drug-likeness (QED) is 0.564. The van der Waals surface area contributed by atoms with Gasteiger partial charge in [0.15, 0.2) is 9.84 Å². The standard InChI is InChI=1S/C23H22FN3O5S/c1-31-18-4-2-3-15(11-18)12-20(28)27-13-23(14-27)19(9-10-33(23,29)30)22-25-21(26-32-22)16-5-7-17(24)8-6-16/h2-8,11,19H,9-10,12-14H2,1H3. The van der Waals surface area contributed by atoms with Crippen molar-refractivity contribution in [2.45, 2.75) is 23.5 Å². The van der Waals surface area contributed by atoms with Gasteiger partial charge in [-0.15, -0.1) is 0 Å². The van der Waals surface area contributed by atoms with Gasteiger partial charge in [-0.2, -0.15) is 4.98 Å². The first kappa shape index (κ1) is 21.6. The summed E-state index contributed by atoms with van der Waals surface area (Å²) in [5.41, 5.74) is 1.37. The van der Waals surface area contributed by atoms with Crippen LogP contribution in [0.3, 0.4) is 0 Å². The lowest BCUT2D eigenvalue weighted by Gasteiger charge is -2.49. The van der Waals surface area contributed by atoms with Gasteiger partial charge in [0.25, 0.3) is 0 Å². The third kappa shape index (κ3) is 3.68. The number of sulfone groups is 1. The molecule has 1 aromatic heterocycles. The second-order valence-corrected chi connectivity index (χ2v) is 10.9. The van der Waals surface area contributed by atoms with E-state index in [2.05, 4.69) is 10.1 Å². The topological polar surface area (TPSA) is 103 Å². The van der Waals surface area contributed by atoms with Crippen LogP contribution in [-0.4, -0.2) is 60.1 Å². The molecule has 1 atom stereocenters. The third-order valence-corrected chi connectivity index (χ3v) is 9.09. The van der Waals surface area contributed by atoms with Crippen LogP contribution in [0.25, 0.3) is 11.4 Å². The molecule has 5 rings (SSSR count). The summed E-state index contributed by atoms with van der Waals surface area (Å²) in [6.07, 6.45) is 0.512. The maximum atomic E-state index is 13.2. The fourth-order valence-corrected chi connectivity index (χ4v) is 6.97. The van der Waals surface area contributed by atoms with E-state index in [9.17, 15) is 17.6 Å². The molecule has 0 bridgehead atoms. The second kappa shape index (κ2) is 7.95. The highest BCUT2D eigenvalue weighted by Gasteiger charge is 2.64. The SMILES string of the molecule is COc1cccc(CC(=O)N2CC3(C2)C(c2nc(-c4ccc(F)cc4)no2)CCS3(=O)=O)c1. The van der Waals surface area contributed by atoms with E-state index < -0.39 is 20.5 Å². The van der Waals surface area contributed by atoms with Crippen molar-refractivity contribution in [3.05, 3.63) is 65.8 Å². The summed E-state index contributed by atoms with van der Waals surface area (Å²) in [6, 6.07) is 12.9. The van der Waals surface area contributed by atoms with Gasteiger partial charge in [0.2, 0.25) is 17.6 Å². The average Bonchev–Trinajstić information content (AvgIpc) is 3.35. The summed E-state index contributed by atoms with van der Waals surface area (Å²) in [5, 5.41) is 3.96. The Kier molecular flexibility index (Phi) is 5.19. The summed E-state index contributed by atoms with van der Waals surface area (Å²) >= 11 is 0. The van der Waals surface area contributed by atoms with E-state index in [1.165, 1.54) is 24.3 Å². The van der Waals surface area contributed by atoms with E-state index in [4.69, 9.17) is 9.26 Å². The number of nitrogens with zero attached hydrogens (tertiary/aromatic N) is 3. The van der Waals surface area contributed by atoms with Gasteiger partial charge in [-0.1, -0.05) is 17.3 Å². The Labute approximate surface area is 190 Å². The Morgan fingerprint density at radius 1 is 1.24 bits per heavy atom. The van der Waals surface area contributed by atoms with Gasteiger partial charge in [-0.25, -0.2) is 12.8 Å². The molecule has 1 amide bonds. The highest BCUT2D eigenvalue weighted by Crippen LogP contribution is 2.49. The van der Waals surface area contributed by atoms with Crippen LogP contribution in [0.15, 0.2) is 53.1 Å². The molecule has 0 radical (unpaired) electrons. The van der Waals surface area contributed by atoms with Crippen molar-refractivity contribution in [1.29, 1.82) is 0 Å². The number of ether oxygens (including phenoxy) is 1. The maximum absolute atomic E-state index is 13.2. The molecule has 172 valence electrons. The van der Waals surface area contributed by atoms with Crippen LogP contribution < -0.4 is 4.74 Å². The molecule has 2 aromatic carbocycles. The smallest absolute Gasteiger partial charge is 0.231 e. The molecule has 0 saturated carbocycles. The van der Waals surface area contributed by atoms with E-state index in [1.54, 1.807) is 24.1 Å². The van der Waals surface area contributed by atoms with Crippen LogP contribution in [0.4, 0.5) is 4.39 Å². The zero-order chi connectivity index (χ0) is 23.2. The Morgan fingerprint density at radius 2 is 2.00 bits per heavy atom. The number of carbonyl (C=O) groups excluding carboxylic acids is 1. The molecule has 10 heteroatoms. The molecular weight excluding hydrogens is 449 g/mol. The zero-order valence-corrected chi connectivity index (χ0v) is 18.7. The minimum atomic E-state index is -3.45. The van der Waals surface area contributed by atoms with Crippen LogP contribution >= 0.6 is 0 Å². The average molecular weight is 472 g/mol. The summed E-state index contributed by atoms with van der Waals surface area (Å²) in [7, 11) is -1.89.